The summed E-state index contributed by atoms with van der Waals surface area (Å²) in [5, 5.41) is 2.30. The SMILES string of the molecule is C/C=C/C=c1\c(=C/C=C2/Cc3ccccc3C2(C)C)oc2ccccc12. The van der Waals surface area contributed by atoms with Gasteiger partial charge in [-0.25, -0.2) is 0 Å². The van der Waals surface area contributed by atoms with E-state index in [4.69, 9.17) is 4.42 Å². The van der Waals surface area contributed by atoms with E-state index in [9.17, 15) is 0 Å². The first-order valence-corrected chi connectivity index (χ1v) is 9.21. The van der Waals surface area contributed by atoms with Gasteiger partial charge in [-0.15, -0.1) is 0 Å². The molecule has 26 heavy (non-hydrogen) atoms. The maximum atomic E-state index is 6.14. The summed E-state index contributed by atoms with van der Waals surface area (Å²) in [5.74, 6) is 0. The molecule has 130 valence electrons. The second-order valence-electron chi connectivity index (χ2n) is 7.39. The van der Waals surface area contributed by atoms with Crippen LogP contribution in [-0.4, -0.2) is 0 Å². The van der Waals surface area contributed by atoms with Gasteiger partial charge in [0.05, 0.1) is 0 Å². The normalized spacial score (nSPS) is 19.1. The van der Waals surface area contributed by atoms with Crippen molar-refractivity contribution >= 4 is 23.1 Å². The molecule has 0 bridgehead atoms. The Bertz CT molecular complexity index is 1140. The lowest BCUT2D eigenvalue weighted by molar-refractivity contribution is 0.575. The minimum absolute atomic E-state index is 0.0618. The summed E-state index contributed by atoms with van der Waals surface area (Å²) in [6.07, 6.45) is 11.6. The maximum absolute atomic E-state index is 6.14. The Morgan fingerprint density at radius 1 is 0.923 bits per heavy atom. The third-order valence-corrected chi connectivity index (χ3v) is 5.43. The second-order valence-corrected chi connectivity index (χ2v) is 7.39. The molecule has 1 nitrogen and oxygen atoms in total. The highest BCUT2D eigenvalue weighted by atomic mass is 16.3. The molecular formula is C25H24O. The Kier molecular flexibility index (Phi) is 4.16. The fourth-order valence-electron chi connectivity index (χ4n) is 3.90. The molecule has 3 aromatic rings. The second kappa shape index (κ2) is 6.49. The van der Waals surface area contributed by atoms with Crippen molar-refractivity contribution in [2.45, 2.75) is 32.6 Å². The van der Waals surface area contributed by atoms with E-state index in [-0.39, 0.29) is 5.41 Å². The van der Waals surface area contributed by atoms with Crippen LogP contribution in [-0.2, 0) is 11.8 Å². The molecule has 0 amide bonds. The highest BCUT2D eigenvalue weighted by Gasteiger charge is 2.33. The summed E-state index contributed by atoms with van der Waals surface area (Å²) in [6, 6.07) is 17.0. The van der Waals surface area contributed by atoms with Gasteiger partial charge in [0.1, 0.15) is 11.0 Å². The van der Waals surface area contributed by atoms with Crippen molar-refractivity contribution in [1.82, 2.24) is 0 Å². The van der Waals surface area contributed by atoms with Gasteiger partial charge in [0.25, 0.3) is 0 Å². The molecule has 0 saturated carbocycles. The Hall–Kier alpha value is -2.80. The minimum Gasteiger partial charge on any atom is -0.456 e. The number of fused-ring (bicyclic) bond motifs is 2. The molecule has 0 radical (unpaired) electrons. The third kappa shape index (κ3) is 2.74. The molecule has 0 saturated heterocycles. The molecule has 0 unspecified atom stereocenters. The summed E-state index contributed by atoms with van der Waals surface area (Å²) >= 11 is 0. The van der Waals surface area contributed by atoms with Crippen molar-refractivity contribution in [1.29, 1.82) is 0 Å². The number of furan rings is 1. The van der Waals surface area contributed by atoms with Gasteiger partial charge in [0, 0.05) is 16.0 Å². The molecule has 1 heterocycles. The van der Waals surface area contributed by atoms with E-state index in [1.54, 1.807) is 0 Å². The lowest BCUT2D eigenvalue weighted by Gasteiger charge is -2.21. The maximum Gasteiger partial charge on any atom is 0.135 e. The Balaban J connectivity index is 1.87. The van der Waals surface area contributed by atoms with Gasteiger partial charge >= 0.3 is 0 Å². The van der Waals surface area contributed by atoms with E-state index >= 15 is 0 Å². The molecule has 2 aromatic carbocycles. The van der Waals surface area contributed by atoms with Crippen molar-refractivity contribution in [3.63, 3.8) is 0 Å². The van der Waals surface area contributed by atoms with E-state index in [1.165, 1.54) is 16.7 Å². The van der Waals surface area contributed by atoms with Crippen LogP contribution >= 0.6 is 0 Å². The van der Waals surface area contributed by atoms with Crippen molar-refractivity contribution in [3.05, 3.63) is 94.1 Å². The molecule has 0 atom stereocenters. The first-order chi connectivity index (χ1) is 12.6. The van der Waals surface area contributed by atoms with Crippen LogP contribution in [0.3, 0.4) is 0 Å². The third-order valence-electron chi connectivity index (χ3n) is 5.43. The van der Waals surface area contributed by atoms with Crippen molar-refractivity contribution < 1.29 is 4.42 Å². The number of rotatable bonds is 2. The van der Waals surface area contributed by atoms with E-state index in [0.29, 0.717) is 0 Å². The molecule has 0 fully saturated rings. The molecule has 0 spiro atoms. The van der Waals surface area contributed by atoms with E-state index in [2.05, 4.69) is 74.5 Å². The van der Waals surface area contributed by atoms with Crippen LogP contribution in [0.4, 0.5) is 0 Å². The van der Waals surface area contributed by atoms with Gasteiger partial charge in [-0.05, 0) is 36.6 Å². The standard InChI is InChI=1S/C25H24O/c1-4-5-11-20-21-12-7-9-14-23(21)26-24(20)16-15-19-17-18-10-6-8-13-22(18)25(19,2)3/h4-16H,17H2,1-3H3/b5-4+,19-15-,20-11-,24-16+. The van der Waals surface area contributed by atoms with Gasteiger partial charge in [0.15, 0.2) is 0 Å². The van der Waals surface area contributed by atoms with Crippen LogP contribution in [0.25, 0.3) is 23.1 Å². The minimum atomic E-state index is 0.0618. The summed E-state index contributed by atoms with van der Waals surface area (Å²) in [4.78, 5) is 0. The van der Waals surface area contributed by atoms with Crippen LogP contribution < -0.4 is 10.6 Å². The molecule has 4 rings (SSSR count). The topological polar surface area (TPSA) is 13.1 Å². The van der Waals surface area contributed by atoms with Gasteiger partial charge in [-0.2, -0.15) is 0 Å². The number of benzene rings is 2. The summed E-state index contributed by atoms with van der Waals surface area (Å²) in [7, 11) is 0. The van der Waals surface area contributed by atoms with Crippen LogP contribution in [0.2, 0.25) is 0 Å². The van der Waals surface area contributed by atoms with Gasteiger partial charge < -0.3 is 4.42 Å². The molecule has 1 aliphatic carbocycles. The summed E-state index contributed by atoms with van der Waals surface area (Å²) < 4.78 is 6.14. The molecular weight excluding hydrogens is 316 g/mol. The highest BCUT2D eigenvalue weighted by Crippen LogP contribution is 2.42. The molecule has 1 heteroatoms. The largest absolute Gasteiger partial charge is 0.456 e. The predicted molar refractivity (Wildman–Crippen MR) is 110 cm³/mol. The monoisotopic (exact) mass is 340 g/mol. The lowest BCUT2D eigenvalue weighted by atomic mass is 9.82. The molecule has 0 aliphatic heterocycles. The van der Waals surface area contributed by atoms with Gasteiger partial charge in [-0.1, -0.05) is 86.2 Å². The van der Waals surface area contributed by atoms with E-state index in [1.807, 2.05) is 25.1 Å². The Labute approximate surface area is 154 Å². The predicted octanol–water partition coefficient (Wildman–Crippen LogP) is 5.03. The van der Waals surface area contributed by atoms with Crippen molar-refractivity contribution in [3.8, 4) is 0 Å². The smallest absolute Gasteiger partial charge is 0.135 e. The number of para-hydroxylation sites is 1. The van der Waals surface area contributed by atoms with Crippen molar-refractivity contribution in [2.75, 3.05) is 0 Å². The lowest BCUT2D eigenvalue weighted by Crippen LogP contribution is -2.20. The average molecular weight is 340 g/mol. The van der Waals surface area contributed by atoms with Crippen LogP contribution in [0.15, 0.2) is 76.7 Å². The first-order valence-electron chi connectivity index (χ1n) is 9.21. The number of hydrogen-bond acceptors (Lipinski definition) is 1. The zero-order valence-electron chi connectivity index (χ0n) is 15.6. The zero-order chi connectivity index (χ0) is 18.1. The molecule has 1 aliphatic rings. The Morgan fingerprint density at radius 2 is 1.69 bits per heavy atom. The average Bonchev–Trinajstić information content (AvgIpc) is 3.13. The highest BCUT2D eigenvalue weighted by molar-refractivity contribution is 5.79. The van der Waals surface area contributed by atoms with Crippen LogP contribution in [0.5, 0.6) is 0 Å². The van der Waals surface area contributed by atoms with E-state index in [0.717, 1.165) is 28.0 Å². The summed E-state index contributed by atoms with van der Waals surface area (Å²) in [6.45, 7) is 6.65. The first kappa shape index (κ1) is 16.7. The van der Waals surface area contributed by atoms with Gasteiger partial charge in [-0.3, -0.25) is 0 Å². The van der Waals surface area contributed by atoms with E-state index < -0.39 is 0 Å². The quantitative estimate of drug-likeness (QED) is 0.638. The van der Waals surface area contributed by atoms with Crippen LogP contribution in [0, 0.1) is 0 Å². The fourth-order valence-corrected chi connectivity index (χ4v) is 3.90. The molecule has 0 N–H and O–H groups in total. The summed E-state index contributed by atoms with van der Waals surface area (Å²) in [5.41, 5.74) is 6.21. The number of hydrogen-bond donors (Lipinski definition) is 0. The Morgan fingerprint density at radius 3 is 2.50 bits per heavy atom. The zero-order valence-corrected chi connectivity index (χ0v) is 15.6. The van der Waals surface area contributed by atoms with Crippen LogP contribution in [0.1, 0.15) is 31.9 Å². The fraction of sp³-hybridized carbons (Fsp3) is 0.200. The number of allylic oxidation sites excluding steroid dienone is 4. The van der Waals surface area contributed by atoms with Gasteiger partial charge in [0.2, 0.25) is 0 Å². The molecule has 1 aromatic heterocycles. The van der Waals surface area contributed by atoms with Crippen molar-refractivity contribution in [2.24, 2.45) is 0 Å².